The largest absolute Gasteiger partial charge is 0.255 e. The number of hydrogen-bond acceptors (Lipinski definition) is 7. The van der Waals surface area contributed by atoms with Crippen molar-refractivity contribution in [3.8, 4) is 28.7 Å². The van der Waals surface area contributed by atoms with Gasteiger partial charge in [0.1, 0.15) is 11.3 Å². The van der Waals surface area contributed by atoms with Crippen molar-refractivity contribution in [3.63, 3.8) is 0 Å². The maximum absolute atomic E-state index is 5.04. The van der Waals surface area contributed by atoms with Crippen molar-refractivity contribution in [1.29, 1.82) is 0 Å². The summed E-state index contributed by atoms with van der Waals surface area (Å²) in [6.07, 6.45) is 7.22. The average molecular weight is 603 g/mol. The van der Waals surface area contributed by atoms with Crippen molar-refractivity contribution in [2.75, 3.05) is 0 Å². The minimum absolute atomic E-state index is 0.416. The van der Waals surface area contributed by atoms with E-state index in [4.69, 9.17) is 34.9 Å². The van der Waals surface area contributed by atoms with E-state index >= 15 is 0 Å². The lowest BCUT2D eigenvalue weighted by atomic mass is 10.0. The van der Waals surface area contributed by atoms with E-state index in [0.29, 0.717) is 17.6 Å². The molecule has 4 aromatic carbocycles. The van der Waals surface area contributed by atoms with Crippen LogP contribution < -0.4 is 0 Å². The number of fused-ring (bicyclic) bond motifs is 9. The molecule has 0 N–H and O–H groups in total. The Morgan fingerprint density at radius 3 is 1.40 bits per heavy atom. The van der Waals surface area contributed by atoms with E-state index in [1.807, 2.05) is 65.5 Å². The van der Waals surface area contributed by atoms with Crippen LogP contribution >= 0.6 is 0 Å². The van der Waals surface area contributed by atoms with Crippen molar-refractivity contribution < 1.29 is 0 Å². The maximum atomic E-state index is 5.04. The van der Waals surface area contributed by atoms with Crippen molar-refractivity contribution in [3.05, 3.63) is 134 Å². The Balaban J connectivity index is 1.23. The summed E-state index contributed by atoms with van der Waals surface area (Å²) in [6, 6.07) is 37.1. The summed E-state index contributed by atoms with van der Waals surface area (Å²) in [5.74, 6) is 1.40. The average Bonchev–Trinajstić information content (AvgIpc) is 3.48. The predicted octanol–water partition coefficient (Wildman–Crippen LogP) is 8.50. The fourth-order valence-corrected chi connectivity index (χ4v) is 6.57. The van der Waals surface area contributed by atoms with E-state index < -0.39 is 0 Å². The minimum Gasteiger partial charge on any atom is -0.255 e. The Morgan fingerprint density at radius 2 is 0.872 bits per heavy atom. The first-order valence-corrected chi connectivity index (χ1v) is 15.3. The standard InChI is InChI=1S/C39H22N8/c1-3-9-29-23(7-1)13-15-25-19-27(21-42-33(25)29)35-44-36(28-20-26-16-14-24-8-2-4-10-30(24)34(26)43-22-28)46-39(45-35)47-37-31(11-5-17-40-37)32-12-6-18-41-38(32)47/h1-22H. The van der Waals surface area contributed by atoms with Crippen LogP contribution in [0.4, 0.5) is 0 Å². The first kappa shape index (κ1) is 25.6. The third-order valence-corrected chi connectivity index (χ3v) is 8.78. The summed E-state index contributed by atoms with van der Waals surface area (Å²) in [4.78, 5) is 34.4. The zero-order chi connectivity index (χ0) is 30.9. The number of nitrogens with zero attached hydrogens (tertiary/aromatic N) is 8. The van der Waals surface area contributed by atoms with Gasteiger partial charge in [-0.3, -0.25) is 9.97 Å². The number of rotatable bonds is 3. The van der Waals surface area contributed by atoms with Gasteiger partial charge in [-0.15, -0.1) is 0 Å². The summed E-state index contributed by atoms with van der Waals surface area (Å²) < 4.78 is 1.91. The van der Waals surface area contributed by atoms with Gasteiger partial charge >= 0.3 is 0 Å². The summed E-state index contributed by atoms with van der Waals surface area (Å²) in [6.45, 7) is 0. The Kier molecular flexibility index (Phi) is 5.41. The molecule has 0 radical (unpaired) electrons. The van der Waals surface area contributed by atoms with Crippen LogP contribution in [0, 0.1) is 0 Å². The number of benzene rings is 4. The molecule has 10 aromatic rings. The van der Waals surface area contributed by atoms with Crippen LogP contribution in [0.5, 0.6) is 0 Å². The molecule has 0 unspecified atom stereocenters. The third-order valence-electron chi connectivity index (χ3n) is 8.78. The van der Waals surface area contributed by atoms with Gasteiger partial charge in [0, 0.05) is 68.2 Å². The van der Waals surface area contributed by atoms with E-state index in [-0.39, 0.29) is 0 Å². The minimum atomic E-state index is 0.416. The molecule has 0 aliphatic carbocycles. The highest BCUT2D eigenvalue weighted by Gasteiger charge is 2.20. The lowest BCUT2D eigenvalue weighted by Crippen LogP contribution is -2.07. The Morgan fingerprint density at radius 1 is 0.404 bits per heavy atom. The number of aromatic nitrogens is 8. The molecule has 0 atom stereocenters. The molecule has 0 saturated heterocycles. The molecule has 0 aliphatic rings. The first-order valence-electron chi connectivity index (χ1n) is 15.3. The molecular formula is C39H22N8. The Labute approximate surface area is 267 Å². The molecule has 0 amide bonds. The molecule has 10 rings (SSSR count). The highest BCUT2D eigenvalue weighted by atomic mass is 15.2. The third kappa shape index (κ3) is 3.98. The van der Waals surface area contributed by atoms with Crippen molar-refractivity contribution in [1.82, 2.24) is 39.5 Å². The molecule has 8 nitrogen and oxygen atoms in total. The maximum Gasteiger partial charge on any atom is 0.241 e. The molecule has 0 fully saturated rings. The van der Waals surface area contributed by atoms with Gasteiger partial charge in [0.15, 0.2) is 11.6 Å². The van der Waals surface area contributed by atoms with Crippen molar-refractivity contribution in [2.24, 2.45) is 0 Å². The van der Waals surface area contributed by atoms with E-state index in [0.717, 1.165) is 76.5 Å². The fourth-order valence-electron chi connectivity index (χ4n) is 6.57. The molecule has 218 valence electrons. The molecule has 0 spiro atoms. The van der Waals surface area contributed by atoms with E-state index in [2.05, 4.69) is 60.7 Å². The summed E-state index contributed by atoms with van der Waals surface area (Å²) >= 11 is 0. The van der Waals surface area contributed by atoms with Gasteiger partial charge < -0.3 is 0 Å². The second kappa shape index (κ2) is 9.92. The summed E-state index contributed by atoms with van der Waals surface area (Å²) in [7, 11) is 0. The second-order valence-electron chi connectivity index (χ2n) is 11.5. The van der Waals surface area contributed by atoms with Crippen LogP contribution in [0.1, 0.15) is 0 Å². The first-order chi connectivity index (χ1) is 23.3. The van der Waals surface area contributed by atoms with Gasteiger partial charge in [-0.05, 0) is 47.2 Å². The van der Waals surface area contributed by atoms with E-state index in [1.165, 1.54) is 0 Å². The van der Waals surface area contributed by atoms with Gasteiger partial charge in [-0.25, -0.2) is 19.5 Å². The normalized spacial score (nSPS) is 11.8. The topological polar surface area (TPSA) is 95.2 Å². The van der Waals surface area contributed by atoms with Crippen molar-refractivity contribution in [2.45, 2.75) is 0 Å². The van der Waals surface area contributed by atoms with E-state index in [9.17, 15) is 0 Å². The molecular weight excluding hydrogens is 580 g/mol. The van der Waals surface area contributed by atoms with Crippen molar-refractivity contribution >= 4 is 65.4 Å². The van der Waals surface area contributed by atoms with Gasteiger partial charge in [-0.1, -0.05) is 72.8 Å². The van der Waals surface area contributed by atoms with Crippen LogP contribution in [0.2, 0.25) is 0 Å². The lowest BCUT2D eigenvalue weighted by molar-refractivity contribution is 0.934. The van der Waals surface area contributed by atoms with E-state index in [1.54, 1.807) is 12.4 Å². The summed E-state index contributed by atoms with van der Waals surface area (Å²) in [5, 5.41) is 8.45. The van der Waals surface area contributed by atoms with Gasteiger partial charge in [0.25, 0.3) is 0 Å². The molecule has 0 saturated carbocycles. The van der Waals surface area contributed by atoms with Gasteiger partial charge in [0.2, 0.25) is 5.95 Å². The Hall–Kier alpha value is -6.67. The zero-order valence-corrected chi connectivity index (χ0v) is 24.8. The monoisotopic (exact) mass is 602 g/mol. The lowest BCUT2D eigenvalue weighted by Gasteiger charge is -2.11. The summed E-state index contributed by atoms with van der Waals surface area (Å²) in [5.41, 5.74) is 4.86. The molecule has 47 heavy (non-hydrogen) atoms. The van der Waals surface area contributed by atoms with Gasteiger partial charge in [0.05, 0.1) is 11.0 Å². The molecule has 0 bridgehead atoms. The molecule has 6 aromatic heterocycles. The molecule has 6 heterocycles. The second-order valence-corrected chi connectivity index (χ2v) is 11.5. The molecule has 0 aliphatic heterocycles. The Bertz CT molecular complexity index is 2690. The highest BCUT2D eigenvalue weighted by Crippen LogP contribution is 2.32. The zero-order valence-electron chi connectivity index (χ0n) is 24.8. The highest BCUT2D eigenvalue weighted by molar-refractivity contribution is 6.08. The quantitative estimate of drug-likeness (QED) is 0.187. The number of hydrogen-bond donors (Lipinski definition) is 0. The molecule has 8 heteroatoms. The number of pyridine rings is 4. The van der Waals surface area contributed by atoms with Crippen LogP contribution in [0.25, 0.3) is 94.1 Å². The SMILES string of the molecule is c1ccc2c(c1)ccc1cc(-c3nc(-c4cnc5c(ccc6ccccc65)c4)nc(-n4c5ncccc5c5cccnc54)n3)cnc12. The van der Waals surface area contributed by atoms with Crippen LogP contribution in [0.3, 0.4) is 0 Å². The van der Waals surface area contributed by atoms with Crippen LogP contribution in [-0.4, -0.2) is 39.5 Å². The fraction of sp³-hybridized carbons (Fsp3) is 0. The smallest absolute Gasteiger partial charge is 0.241 e. The predicted molar refractivity (Wildman–Crippen MR) is 186 cm³/mol. The van der Waals surface area contributed by atoms with Gasteiger partial charge in [-0.2, -0.15) is 9.97 Å². The van der Waals surface area contributed by atoms with Crippen LogP contribution in [0.15, 0.2) is 134 Å². The van der Waals surface area contributed by atoms with Crippen LogP contribution in [-0.2, 0) is 0 Å².